The summed E-state index contributed by atoms with van der Waals surface area (Å²) in [7, 11) is 2.85. The molecule has 1 unspecified atom stereocenters. The average molecular weight is 291 g/mol. The number of esters is 1. The molecule has 0 bridgehead atoms. The number of aromatic nitrogens is 3. The van der Waals surface area contributed by atoms with Gasteiger partial charge in [0.05, 0.1) is 14.2 Å². The first kappa shape index (κ1) is 13.8. The van der Waals surface area contributed by atoms with Crippen LogP contribution < -0.4 is 4.74 Å². The summed E-state index contributed by atoms with van der Waals surface area (Å²) in [5, 5.41) is 8.27. The Kier molecular flexibility index (Phi) is 3.74. The van der Waals surface area contributed by atoms with Crippen molar-refractivity contribution in [2.45, 2.75) is 25.5 Å². The smallest absolute Gasteiger partial charge is 0.343 e. The van der Waals surface area contributed by atoms with Crippen LogP contribution in [0.4, 0.5) is 0 Å². The SMILES string of the molecule is COC(=O)c1c(OC)ccc2nnn(C3CCCCO3)c12. The summed E-state index contributed by atoms with van der Waals surface area (Å²) < 4.78 is 17.5. The van der Waals surface area contributed by atoms with Gasteiger partial charge in [0, 0.05) is 6.61 Å². The molecule has 1 fully saturated rings. The van der Waals surface area contributed by atoms with Crippen molar-refractivity contribution in [2.24, 2.45) is 0 Å². The zero-order valence-electron chi connectivity index (χ0n) is 12.0. The van der Waals surface area contributed by atoms with E-state index in [0.29, 0.717) is 29.0 Å². The van der Waals surface area contributed by atoms with E-state index >= 15 is 0 Å². The van der Waals surface area contributed by atoms with Gasteiger partial charge in [-0.25, -0.2) is 9.48 Å². The molecule has 0 radical (unpaired) electrons. The first-order chi connectivity index (χ1) is 10.3. The van der Waals surface area contributed by atoms with Crippen LogP contribution >= 0.6 is 0 Å². The molecule has 1 atom stereocenters. The van der Waals surface area contributed by atoms with E-state index in [1.165, 1.54) is 14.2 Å². The van der Waals surface area contributed by atoms with Gasteiger partial charge in [-0.3, -0.25) is 0 Å². The van der Waals surface area contributed by atoms with E-state index in [1.807, 2.05) is 0 Å². The summed E-state index contributed by atoms with van der Waals surface area (Å²) in [6.45, 7) is 0.684. The Morgan fingerprint density at radius 1 is 1.38 bits per heavy atom. The number of nitrogens with zero attached hydrogens (tertiary/aromatic N) is 3. The van der Waals surface area contributed by atoms with Gasteiger partial charge in [0.2, 0.25) is 0 Å². The number of carbonyl (C=O) groups excluding carboxylic acids is 1. The Morgan fingerprint density at radius 3 is 2.90 bits per heavy atom. The van der Waals surface area contributed by atoms with Crippen molar-refractivity contribution in [3.8, 4) is 5.75 Å². The average Bonchev–Trinajstić information content (AvgIpc) is 2.98. The molecule has 2 heterocycles. The molecule has 0 amide bonds. The maximum absolute atomic E-state index is 12.1. The standard InChI is InChI=1S/C14H17N3O4/c1-19-10-7-6-9-13(12(10)14(18)20-2)17(16-15-9)11-5-3-4-8-21-11/h6-7,11H,3-5,8H2,1-2H3. The highest BCUT2D eigenvalue weighted by Gasteiger charge is 2.26. The van der Waals surface area contributed by atoms with Gasteiger partial charge >= 0.3 is 5.97 Å². The summed E-state index contributed by atoms with van der Waals surface area (Å²) in [6.07, 6.45) is 2.73. The normalized spacial score (nSPS) is 18.7. The quantitative estimate of drug-likeness (QED) is 0.804. The highest BCUT2D eigenvalue weighted by molar-refractivity contribution is 6.04. The van der Waals surface area contributed by atoms with E-state index in [1.54, 1.807) is 16.8 Å². The molecule has 0 saturated carbocycles. The molecular formula is C14H17N3O4. The Bertz CT molecular complexity index is 662. The summed E-state index contributed by atoms with van der Waals surface area (Å²) >= 11 is 0. The van der Waals surface area contributed by atoms with Gasteiger partial charge < -0.3 is 14.2 Å². The Balaban J connectivity index is 2.19. The van der Waals surface area contributed by atoms with Crippen LogP contribution in [-0.4, -0.2) is 41.8 Å². The van der Waals surface area contributed by atoms with E-state index in [-0.39, 0.29) is 6.23 Å². The van der Waals surface area contributed by atoms with Crippen LogP contribution in [0, 0.1) is 0 Å². The number of hydrogen-bond donors (Lipinski definition) is 0. The third kappa shape index (κ3) is 2.33. The van der Waals surface area contributed by atoms with Gasteiger partial charge in [0.1, 0.15) is 22.3 Å². The van der Waals surface area contributed by atoms with Crippen molar-refractivity contribution in [3.63, 3.8) is 0 Å². The first-order valence-electron chi connectivity index (χ1n) is 6.88. The highest BCUT2D eigenvalue weighted by Crippen LogP contribution is 2.31. The Labute approximate surface area is 121 Å². The second-order valence-corrected chi connectivity index (χ2v) is 4.86. The van der Waals surface area contributed by atoms with E-state index in [9.17, 15) is 4.79 Å². The van der Waals surface area contributed by atoms with Crippen LogP contribution in [-0.2, 0) is 9.47 Å². The van der Waals surface area contributed by atoms with E-state index in [0.717, 1.165) is 19.3 Å². The Hall–Kier alpha value is -2.15. The zero-order chi connectivity index (χ0) is 14.8. The van der Waals surface area contributed by atoms with Gasteiger partial charge in [-0.05, 0) is 31.4 Å². The number of fused-ring (bicyclic) bond motifs is 1. The maximum atomic E-state index is 12.1. The van der Waals surface area contributed by atoms with Gasteiger partial charge in [-0.2, -0.15) is 0 Å². The second kappa shape index (κ2) is 5.69. The number of carbonyl (C=O) groups is 1. The second-order valence-electron chi connectivity index (χ2n) is 4.86. The molecule has 1 aliphatic heterocycles. The third-order valence-electron chi connectivity index (χ3n) is 3.63. The van der Waals surface area contributed by atoms with E-state index < -0.39 is 5.97 Å². The van der Waals surface area contributed by atoms with E-state index in [4.69, 9.17) is 14.2 Å². The van der Waals surface area contributed by atoms with Gasteiger partial charge in [0.15, 0.2) is 6.23 Å². The minimum absolute atomic E-state index is 0.209. The fraction of sp³-hybridized carbons (Fsp3) is 0.500. The topological polar surface area (TPSA) is 75.5 Å². The number of ether oxygens (including phenoxy) is 3. The van der Waals surface area contributed by atoms with Crippen LogP contribution in [0.3, 0.4) is 0 Å². The van der Waals surface area contributed by atoms with Crippen molar-refractivity contribution in [3.05, 3.63) is 17.7 Å². The number of rotatable bonds is 3. The van der Waals surface area contributed by atoms with Gasteiger partial charge in [-0.1, -0.05) is 5.21 Å². The predicted molar refractivity (Wildman–Crippen MR) is 74.3 cm³/mol. The van der Waals surface area contributed by atoms with Crippen molar-refractivity contribution >= 4 is 17.0 Å². The van der Waals surface area contributed by atoms with Crippen molar-refractivity contribution in [1.29, 1.82) is 0 Å². The third-order valence-corrected chi connectivity index (χ3v) is 3.63. The molecule has 7 nitrogen and oxygen atoms in total. The Morgan fingerprint density at radius 2 is 2.24 bits per heavy atom. The molecule has 1 saturated heterocycles. The fourth-order valence-corrected chi connectivity index (χ4v) is 2.60. The molecule has 3 rings (SSSR count). The summed E-state index contributed by atoms with van der Waals surface area (Å²) in [4.78, 5) is 12.1. The fourth-order valence-electron chi connectivity index (χ4n) is 2.60. The molecule has 0 aliphatic carbocycles. The van der Waals surface area contributed by atoms with Crippen molar-refractivity contribution in [1.82, 2.24) is 15.0 Å². The van der Waals surface area contributed by atoms with Crippen LogP contribution in [0.1, 0.15) is 35.8 Å². The lowest BCUT2D eigenvalue weighted by atomic mass is 10.1. The van der Waals surface area contributed by atoms with Crippen molar-refractivity contribution in [2.75, 3.05) is 20.8 Å². The summed E-state index contributed by atoms with van der Waals surface area (Å²) in [6, 6.07) is 3.46. The lowest BCUT2D eigenvalue weighted by Crippen LogP contribution is -2.20. The minimum atomic E-state index is -0.475. The monoisotopic (exact) mass is 291 g/mol. The predicted octanol–water partition coefficient (Wildman–Crippen LogP) is 1.93. The number of hydrogen-bond acceptors (Lipinski definition) is 6. The molecule has 1 aliphatic rings. The van der Waals surface area contributed by atoms with Crippen LogP contribution in [0.2, 0.25) is 0 Å². The number of benzene rings is 1. The molecule has 2 aromatic rings. The molecule has 21 heavy (non-hydrogen) atoms. The van der Waals surface area contributed by atoms with Gasteiger partial charge in [0.25, 0.3) is 0 Å². The molecule has 7 heteroatoms. The summed E-state index contributed by atoms with van der Waals surface area (Å²) in [5.41, 5.74) is 1.54. The first-order valence-corrected chi connectivity index (χ1v) is 6.88. The maximum Gasteiger partial charge on any atom is 0.343 e. The molecule has 1 aromatic carbocycles. The molecule has 1 aromatic heterocycles. The lowest BCUT2D eigenvalue weighted by Gasteiger charge is -2.23. The molecule has 112 valence electrons. The van der Waals surface area contributed by atoms with Crippen LogP contribution in [0.5, 0.6) is 5.75 Å². The summed E-state index contributed by atoms with van der Waals surface area (Å²) in [5.74, 6) is -0.0366. The van der Waals surface area contributed by atoms with Gasteiger partial charge in [-0.15, -0.1) is 5.10 Å². The molecular weight excluding hydrogens is 274 g/mol. The lowest BCUT2D eigenvalue weighted by molar-refractivity contribution is -0.0378. The van der Waals surface area contributed by atoms with E-state index in [2.05, 4.69) is 10.3 Å². The largest absolute Gasteiger partial charge is 0.496 e. The zero-order valence-corrected chi connectivity index (χ0v) is 12.0. The van der Waals surface area contributed by atoms with Crippen LogP contribution in [0.15, 0.2) is 12.1 Å². The minimum Gasteiger partial charge on any atom is -0.496 e. The van der Waals surface area contributed by atoms with Crippen molar-refractivity contribution < 1.29 is 19.0 Å². The van der Waals surface area contributed by atoms with Crippen LogP contribution in [0.25, 0.3) is 11.0 Å². The highest BCUT2D eigenvalue weighted by atomic mass is 16.5. The number of methoxy groups -OCH3 is 2. The molecule has 0 spiro atoms. The molecule has 0 N–H and O–H groups in total.